The number of likely N-dealkylation sites (tertiary alicyclic amines) is 1. The summed E-state index contributed by atoms with van der Waals surface area (Å²) in [5.41, 5.74) is 1.51. The van der Waals surface area contributed by atoms with Crippen molar-refractivity contribution in [2.24, 2.45) is 5.92 Å². The van der Waals surface area contributed by atoms with E-state index in [0.29, 0.717) is 24.9 Å². The van der Waals surface area contributed by atoms with E-state index in [1.807, 2.05) is 12.3 Å². The molecule has 0 unspecified atom stereocenters. The topological polar surface area (TPSA) is 77.9 Å². The Balaban J connectivity index is 1.95. The van der Waals surface area contributed by atoms with E-state index in [1.165, 1.54) is 16.2 Å². The van der Waals surface area contributed by atoms with Gasteiger partial charge in [0, 0.05) is 25.5 Å². The molecule has 1 aliphatic heterocycles. The fourth-order valence-electron chi connectivity index (χ4n) is 2.57. The molecule has 1 aromatic rings. The first kappa shape index (κ1) is 16.5. The number of carboxylic acids is 1. The molecular formula is C15H20N2O4S. The molecule has 1 aliphatic rings. The number of rotatable bonds is 4. The highest BCUT2D eigenvalue weighted by Gasteiger charge is 2.29. The number of thiophene rings is 1. The van der Waals surface area contributed by atoms with E-state index in [4.69, 9.17) is 5.11 Å². The Kier molecular flexibility index (Phi) is 5.18. The molecule has 1 N–H and O–H groups in total. The highest BCUT2D eigenvalue weighted by Crippen LogP contribution is 2.18. The number of nitrogens with zero attached hydrogens (tertiary/aromatic N) is 2. The molecule has 1 saturated heterocycles. The fourth-order valence-corrected chi connectivity index (χ4v) is 3.39. The molecule has 0 bridgehead atoms. The van der Waals surface area contributed by atoms with Gasteiger partial charge >= 0.3 is 5.97 Å². The molecule has 0 spiro atoms. The molecule has 0 radical (unpaired) electrons. The monoisotopic (exact) mass is 324 g/mol. The lowest BCUT2D eigenvalue weighted by atomic mass is 9.98. The SMILES string of the molecule is Cc1cscc1C(=O)N(C)CC(=O)N1CCC[C@H](C(=O)O)C1. The third-order valence-corrected chi connectivity index (χ3v) is 4.79. The van der Waals surface area contributed by atoms with Gasteiger partial charge in [-0.1, -0.05) is 0 Å². The molecule has 1 atom stereocenters. The summed E-state index contributed by atoms with van der Waals surface area (Å²) in [5.74, 6) is -1.75. The molecule has 2 amide bonds. The van der Waals surface area contributed by atoms with Crippen LogP contribution in [0.2, 0.25) is 0 Å². The number of carbonyl (C=O) groups is 3. The minimum absolute atomic E-state index is 0.0273. The zero-order valence-corrected chi connectivity index (χ0v) is 13.6. The van der Waals surface area contributed by atoms with Crippen LogP contribution in [0.1, 0.15) is 28.8 Å². The maximum absolute atomic E-state index is 12.3. The highest BCUT2D eigenvalue weighted by molar-refractivity contribution is 7.08. The van der Waals surface area contributed by atoms with E-state index in [0.717, 1.165) is 5.56 Å². The highest BCUT2D eigenvalue weighted by atomic mass is 32.1. The van der Waals surface area contributed by atoms with Crippen molar-refractivity contribution in [1.82, 2.24) is 9.80 Å². The molecule has 1 aromatic heterocycles. The lowest BCUT2D eigenvalue weighted by molar-refractivity contribution is -0.145. The summed E-state index contributed by atoms with van der Waals surface area (Å²) in [6.07, 6.45) is 1.28. The smallest absolute Gasteiger partial charge is 0.308 e. The van der Waals surface area contributed by atoms with Crippen molar-refractivity contribution in [3.05, 3.63) is 21.9 Å². The number of piperidine rings is 1. The first-order chi connectivity index (χ1) is 10.4. The van der Waals surface area contributed by atoms with Crippen molar-refractivity contribution in [3.63, 3.8) is 0 Å². The van der Waals surface area contributed by atoms with Crippen LogP contribution in [-0.2, 0) is 9.59 Å². The van der Waals surface area contributed by atoms with Gasteiger partial charge in [-0.05, 0) is 30.7 Å². The Hall–Kier alpha value is -1.89. The summed E-state index contributed by atoms with van der Waals surface area (Å²) < 4.78 is 0. The lowest BCUT2D eigenvalue weighted by Gasteiger charge is -2.32. The number of hydrogen-bond donors (Lipinski definition) is 1. The molecule has 0 saturated carbocycles. The third-order valence-electron chi connectivity index (χ3n) is 3.93. The van der Waals surface area contributed by atoms with Gasteiger partial charge in [0.15, 0.2) is 0 Å². The normalized spacial score (nSPS) is 18.1. The number of carbonyl (C=O) groups excluding carboxylic acids is 2. The maximum Gasteiger partial charge on any atom is 0.308 e. The average molecular weight is 324 g/mol. The first-order valence-corrected chi connectivity index (χ1v) is 8.13. The Labute approximate surface area is 133 Å². The molecule has 2 rings (SSSR count). The van der Waals surface area contributed by atoms with E-state index >= 15 is 0 Å². The second-order valence-electron chi connectivity index (χ2n) is 5.65. The number of hydrogen-bond acceptors (Lipinski definition) is 4. The van der Waals surface area contributed by atoms with Gasteiger partial charge in [-0.2, -0.15) is 11.3 Å². The van der Waals surface area contributed by atoms with E-state index in [2.05, 4.69) is 0 Å². The predicted octanol–water partition coefficient (Wildman–Crippen LogP) is 1.45. The van der Waals surface area contributed by atoms with Gasteiger partial charge < -0.3 is 14.9 Å². The minimum atomic E-state index is -0.865. The van der Waals surface area contributed by atoms with Crippen molar-refractivity contribution >= 4 is 29.1 Å². The van der Waals surface area contributed by atoms with Crippen molar-refractivity contribution in [1.29, 1.82) is 0 Å². The predicted molar refractivity (Wildman–Crippen MR) is 83.0 cm³/mol. The number of aliphatic carboxylic acids is 1. The van der Waals surface area contributed by atoms with Gasteiger partial charge in [-0.15, -0.1) is 0 Å². The summed E-state index contributed by atoms with van der Waals surface area (Å²) in [4.78, 5) is 38.5. The molecule has 6 nitrogen and oxygen atoms in total. The second-order valence-corrected chi connectivity index (χ2v) is 6.39. The molecule has 1 fully saturated rings. The van der Waals surface area contributed by atoms with Crippen LogP contribution in [0.3, 0.4) is 0 Å². The number of carboxylic acid groups (broad SMARTS) is 1. The van der Waals surface area contributed by atoms with E-state index < -0.39 is 11.9 Å². The Bertz CT molecular complexity index is 584. The summed E-state index contributed by atoms with van der Waals surface area (Å²) in [5, 5.41) is 12.7. The van der Waals surface area contributed by atoms with Crippen LogP contribution in [0.25, 0.3) is 0 Å². The molecule has 0 aliphatic carbocycles. The van der Waals surface area contributed by atoms with Crippen molar-refractivity contribution in [3.8, 4) is 0 Å². The van der Waals surface area contributed by atoms with Crippen molar-refractivity contribution in [2.45, 2.75) is 19.8 Å². The lowest BCUT2D eigenvalue weighted by Crippen LogP contribution is -2.46. The van der Waals surface area contributed by atoms with Crippen LogP contribution in [0.4, 0.5) is 0 Å². The maximum atomic E-state index is 12.3. The van der Waals surface area contributed by atoms with Gasteiger partial charge in [0.2, 0.25) is 5.91 Å². The number of likely N-dealkylation sites (N-methyl/N-ethyl adjacent to an activating group) is 1. The molecule has 120 valence electrons. The minimum Gasteiger partial charge on any atom is -0.481 e. The first-order valence-electron chi connectivity index (χ1n) is 7.19. The number of amides is 2. The quantitative estimate of drug-likeness (QED) is 0.909. The number of aryl methyl sites for hydroxylation is 1. The van der Waals surface area contributed by atoms with Crippen LogP contribution in [0.5, 0.6) is 0 Å². The summed E-state index contributed by atoms with van der Waals surface area (Å²) >= 11 is 1.45. The van der Waals surface area contributed by atoms with Gasteiger partial charge in [0.1, 0.15) is 0 Å². The Morgan fingerprint density at radius 1 is 1.41 bits per heavy atom. The van der Waals surface area contributed by atoms with Gasteiger partial charge in [0.05, 0.1) is 18.0 Å². The van der Waals surface area contributed by atoms with E-state index in [9.17, 15) is 14.4 Å². The van der Waals surface area contributed by atoms with Crippen molar-refractivity contribution in [2.75, 3.05) is 26.7 Å². The molecule has 2 heterocycles. The van der Waals surface area contributed by atoms with Gasteiger partial charge in [0.25, 0.3) is 5.91 Å². The molecule has 22 heavy (non-hydrogen) atoms. The zero-order valence-electron chi connectivity index (χ0n) is 12.7. The van der Waals surface area contributed by atoms with Crippen LogP contribution in [-0.4, -0.2) is 59.4 Å². The van der Waals surface area contributed by atoms with E-state index in [1.54, 1.807) is 17.3 Å². The third kappa shape index (κ3) is 3.65. The second kappa shape index (κ2) is 6.91. The summed E-state index contributed by atoms with van der Waals surface area (Å²) in [6, 6.07) is 0. The molecule has 7 heteroatoms. The largest absolute Gasteiger partial charge is 0.481 e. The van der Waals surface area contributed by atoms with Crippen LogP contribution in [0.15, 0.2) is 10.8 Å². The standard InChI is InChI=1S/C15H20N2O4S/c1-10-8-22-9-12(10)14(19)16(2)7-13(18)17-5-3-4-11(6-17)15(20)21/h8-9,11H,3-7H2,1-2H3,(H,20,21)/t11-/m0/s1. The summed E-state index contributed by atoms with van der Waals surface area (Å²) in [6.45, 7) is 2.62. The van der Waals surface area contributed by atoms with Crippen LogP contribution in [0, 0.1) is 12.8 Å². The van der Waals surface area contributed by atoms with Gasteiger partial charge in [-0.3, -0.25) is 14.4 Å². The van der Waals surface area contributed by atoms with Crippen molar-refractivity contribution < 1.29 is 19.5 Å². The van der Waals surface area contributed by atoms with Crippen LogP contribution < -0.4 is 0 Å². The van der Waals surface area contributed by atoms with Crippen LogP contribution >= 0.6 is 11.3 Å². The summed E-state index contributed by atoms with van der Waals surface area (Å²) in [7, 11) is 1.59. The zero-order chi connectivity index (χ0) is 16.3. The molecule has 0 aromatic carbocycles. The molecular weight excluding hydrogens is 304 g/mol. The average Bonchev–Trinajstić information content (AvgIpc) is 2.92. The fraction of sp³-hybridized carbons (Fsp3) is 0.533. The Morgan fingerprint density at radius 3 is 2.73 bits per heavy atom. The van der Waals surface area contributed by atoms with E-state index in [-0.39, 0.29) is 24.9 Å². The Morgan fingerprint density at radius 2 is 2.14 bits per heavy atom. The van der Waals surface area contributed by atoms with Gasteiger partial charge in [-0.25, -0.2) is 0 Å².